The van der Waals surface area contributed by atoms with E-state index in [1.54, 1.807) is 0 Å². The number of nitrogens with one attached hydrogen (secondary N) is 2. The van der Waals surface area contributed by atoms with Crippen LogP contribution in [0.4, 0.5) is 0 Å². The minimum Gasteiger partial charge on any atom is -0.358 e. The third-order valence-electron chi connectivity index (χ3n) is 8.05. The summed E-state index contributed by atoms with van der Waals surface area (Å²) in [5, 5.41) is 5.46. The lowest BCUT2D eigenvalue weighted by Crippen LogP contribution is -2.82. The second kappa shape index (κ2) is 4.92. The first-order valence-corrected chi connectivity index (χ1v) is 11.0. The van der Waals surface area contributed by atoms with Gasteiger partial charge >= 0.3 is 0 Å². The number of halogens is 2. The van der Waals surface area contributed by atoms with Crippen LogP contribution in [0.5, 0.6) is 0 Å². The highest BCUT2D eigenvalue weighted by Gasteiger charge is 2.68. The van der Waals surface area contributed by atoms with Crippen LogP contribution in [-0.2, 0) is 16.6 Å². The molecule has 2 N–H and O–H groups in total. The Bertz CT molecular complexity index is 1030. The molecular weight excluding hydrogens is 426 g/mol. The van der Waals surface area contributed by atoms with Crippen molar-refractivity contribution in [1.29, 1.82) is 0 Å². The van der Waals surface area contributed by atoms with Crippen LogP contribution in [0.2, 0.25) is 5.02 Å². The molecule has 1 aromatic carbocycles. The zero-order valence-electron chi connectivity index (χ0n) is 15.6. The van der Waals surface area contributed by atoms with Gasteiger partial charge in [-0.15, -0.1) is 0 Å². The van der Waals surface area contributed by atoms with Crippen LogP contribution in [0.3, 0.4) is 0 Å². The second-order valence-electron chi connectivity index (χ2n) is 9.61. The zero-order valence-corrected chi connectivity index (χ0v) is 17.9. The molecule has 1 amide bonds. The molecule has 27 heavy (non-hydrogen) atoms. The normalized spacial score (nSPS) is 36.4. The van der Waals surface area contributed by atoms with Gasteiger partial charge in [-0.2, -0.15) is 0 Å². The molecule has 2 aromatic rings. The van der Waals surface area contributed by atoms with Crippen molar-refractivity contribution in [3.63, 3.8) is 0 Å². The van der Waals surface area contributed by atoms with Gasteiger partial charge in [0.25, 0.3) is 0 Å². The average Bonchev–Trinajstić information content (AvgIpc) is 3.17. The molecule has 4 fully saturated rings. The number of amides is 1. The molecule has 1 aliphatic carbocycles. The Morgan fingerprint density at radius 3 is 2.96 bits per heavy atom. The number of piperidine rings is 2. The molecule has 3 atom stereocenters. The largest absolute Gasteiger partial charge is 0.358 e. The molecule has 7 rings (SSSR count). The summed E-state index contributed by atoms with van der Waals surface area (Å²) in [5.74, 6) is 0.707. The summed E-state index contributed by atoms with van der Waals surface area (Å²) < 4.78 is 0.914. The summed E-state index contributed by atoms with van der Waals surface area (Å²) in [6, 6.07) is 4.15. The number of carbonyl (C=O) groups excluding carboxylic acids is 1. The Labute approximate surface area is 172 Å². The predicted molar refractivity (Wildman–Crippen MR) is 110 cm³/mol. The lowest BCUT2D eigenvalue weighted by atomic mass is 9.51. The van der Waals surface area contributed by atoms with Crippen molar-refractivity contribution in [3.8, 4) is 0 Å². The number of nitrogens with zero attached hydrogens (tertiary/aromatic N) is 1. The molecule has 2 bridgehead atoms. The highest BCUT2D eigenvalue weighted by Crippen LogP contribution is 2.58. The van der Waals surface area contributed by atoms with Crippen LogP contribution < -0.4 is 5.32 Å². The van der Waals surface area contributed by atoms with E-state index in [0.717, 1.165) is 53.8 Å². The Kier molecular flexibility index (Phi) is 3.08. The zero-order chi connectivity index (χ0) is 18.8. The number of piperazine rings is 1. The fraction of sp³-hybridized carbons (Fsp3) is 0.571. The average molecular weight is 449 g/mol. The van der Waals surface area contributed by atoms with Crippen LogP contribution in [-0.4, -0.2) is 40.0 Å². The van der Waals surface area contributed by atoms with Crippen LogP contribution in [0, 0.1) is 5.92 Å². The molecular formula is C21H23BrClN3O. The summed E-state index contributed by atoms with van der Waals surface area (Å²) in [7, 11) is 0. The number of rotatable bonds is 0. The van der Waals surface area contributed by atoms with E-state index in [2.05, 4.69) is 57.1 Å². The van der Waals surface area contributed by atoms with Gasteiger partial charge in [0, 0.05) is 33.0 Å². The van der Waals surface area contributed by atoms with E-state index >= 15 is 0 Å². The van der Waals surface area contributed by atoms with Gasteiger partial charge in [-0.1, -0.05) is 25.4 Å². The molecule has 6 heteroatoms. The van der Waals surface area contributed by atoms with Gasteiger partial charge in [-0.3, -0.25) is 9.69 Å². The second-order valence-corrected chi connectivity index (χ2v) is 10.9. The van der Waals surface area contributed by atoms with Crippen molar-refractivity contribution in [1.82, 2.24) is 15.2 Å². The summed E-state index contributed by atoms with van der Waals surface area (Å²) in [5.41, 5.74) is 3.31. The van der Waals surface area contributed by atoms with E-state index in [4.69, 9.17) is 11.6 Å². The van der Waals surface area contributed by atoms with Gasteiger partial charge < -0.3 is 10.3 Å². The number of aromatic nitrogens is 1. The van der Waals surface area contributed by atoms with Crippen LogP contribution >= 0.6 is 27.5 Å². The standard InChI is InChI=1S/C21H23BrClN3O/c1-19(2)16-9-21-4-3-5-26(21)10-20(16,25-18(21)27)8-12-11-6-14(23)13(22)7-15(11)24-17(12)19/h6-7,16,24H,3-5,8-10H2,1-2H3,(H,25,27)/t16-,20+,21-/m0/s1. The van der Waals surface area contributed by atoms with Crippen molar-refractivity contribution in [3.05, 3.63) is 32.9 Å². The van der Waals surface area contributed by atoms with Gasteiger partial charge in [-0.05, 0) is 71.8 Å². The van der Waals surface area contributed by atoms with Crippen molar-refractivity contribution in [2.24, 2.45) is 5.92 Å². The maximum absolute atomic E-state index is 13.1. The van der Waals surface area contributed by atoms with E-state index in [9.17, 15) is 4.79 Å². The highest BCUT2D eigenvalue weighted by atomic mass is 79.9. The fourth-order valence-corrected chi connectivity index (χ4v) is 7.34. The minimum atomic E-state index is -0.264. The third-order valence-corrected chi connectivity index (χ3v) is 9.24. The van der Waals surface area contributed by atoms with Gasteiger partial charge in [0.1, 0.15) is 5.54 Å². The molecule has 0 unspecified atom stereocenters. The number of aromatic amines is 1. The SMILES string of the molecule is CC1(C)c2[nH]c3cc(Br)c(Cl)cc3c2C[C@@]23CN4CCC[C@]4(C[C@@H]12)C(=O)N3. The summed E-state index contributed by atoms with van der Waals surface area (Å²) in [4.78, 5) is 19.3. The van der Waals surface area contributed by atoms with E-state index in [1.807, 2.05) is 0 Å². The maximum Gasteiger partial charge on any atom is 0.241 e. The number of fused-ring (bicyclic) bond motifs is 4. The number of hydrogen-bond acceptors (Lipinski definition) is 2. The first kappa shape index (κ1) is 16.9. The smallest absolute Gasteiger partial charge is 0.241 e. The summed E-state index contributed by atoms with van der Waals surface area (Å²) >= 11 is 9.98. The topological polar surface area (TPSA) is 48.1 Å². The highest BCUT2D eigenvalue weighted by molar-refractivity contribution is 9.10. The van der Waals surface area contributed by atoms with Gasteiger partial charge in [0.05, 0.1) is 10.6 Å². The fourth-order valence-electron chi connectivity index (χ4n) is 6.84. The minimum absolute atomic E-state index is 0.0268. The number of carbonyl (C=O) groups is 1. The van der Waals surface area contributed by atoms with E-state index in [-0.39, 0.29) is 22.4 Å². The predicted octanol–water partition coefficient (Wildman–Crippen LogP) is 4.14. The van der Waals surface area contributed by atoms with Gasteiger partial charge in [0.15, 0.2) is 0 Å². The lowest BCUT2D eigenvalue weighted by molar-refractivity contribution is -0.160. The monoisotopic (exact) mass is 447 g/mol. The van der Waals surface area contributed by atoms with E-state index in [0.29, 0.717) is 5.92 Å². The Balaban J connectivity index is 1.59. The van der Waals surface area contributed by atoms with Gasteiger partial charge in [0.2, 0.25) is 5.91 Å². The lowest BCUT2D eigenvalue weighted by Gasteiger charge is -2.65. The molecule has 0 saturated carbocycles. The first-order valence-electron chi connectivity index (χ1n) is 9.85. The molecule has 4 aliphatic heterocycles. The van der Waals surface area contributed by atoms with Crippen LogP contribution in [0.1, 0.15) is 44.4 Å². The van der Waals surface area contributed by atoms with Crippen molar-refractivity contribution >= 4 is 44.3 Å². The number of hydrogen-bond donors (Lipinski definition) is 2. The molecule has 4 saturated heterocycles. The Hall–Kier alpha value is -1.04. The molecule has 1 aromatic heterocycles. The molecule has 5 heterocycles. The van der Waals surface area contributed by atoms with Crippen molar-refractivity contribution in [2.45, 2.75) is 56.0 Å². The summed E-state index contributed by atoms with van der Waals surface area (Å²) in [6.45, 7) is 6.74. The number of benzene rings is 1. The summed E-state index contributed by atoms with van der Waals surface area (Å²) in [6.07, 6.45) is 4.00. The van der Waals surface area contributed by atoms with Crippen molar-refractivity contribution < 1.29 is 4.79 Å². The first-order chi connectivity index (χ1) is 12.8. The molecule has 0 radical (unpaired) electrons. The van der Waals surface area contributed by atoms with Crippen molar-refractivity contribution in [2.75, 3.05) is 13.1 Å². The van der Waals surface area contributed by atoms with E-state index < -0.39 is 0 Å². The van der Waals surface area contributed by atoms with Crippen LogP contribution in [0.25, 0.3) is 10.9 Å². The van der Waals surface area contributed by atoms with E-state index in [1.165, 1.54) is 16.6 Å². The molecule has 2 spiro atoms. The molecule has 4 nitrogen and oxygen atoms in total. The quantitative estimate of drug-likeness (QED) is 0.636. The third kappa shape index (κ3) is 1.87. The Morgan fingerprint density at radius 1 is 1.33 bits per heavy atom. The maximum atomic E-state index is 13.1. The molecule has 142 valence electrons. The van der Waals surface area contributed by atoms with Crippen LogP contribution in [0.15, 0.2) is 16.6 Å². The number of H-pyrrole nitrogens is 1. The molecule has 5 aliphatic rings. The van der Waals surface area contributed by atoms with Gasteiger partial charge in [-0.25, -0.2) is 0 Å². The Morgan fingerprint density at radius 2 is 2.15 bits per heavy atom.